The van der Waals surface area contributed by atoms with Gasteiger partial charge in [0.15, 0.2) is 6.61 Å². The summed E-state index contributed by atoms with van der Waals surface area (Å²) in [6.45, 7) is 0.800. The molecule has 0 aromatic heterocycles. The number of para-hydroxylation sites is 1. The lowest BCUT2D eigenvalue weighted by Gasteiger charge is -2.11. The van der Waals surface area contributed by atoms with E-state index in [0.717, 1.165) is 11.8 Å². The molecular formula is C19H18BrN3O6S. The Morgan fingerprint density at radius 2 is 1.80 bits per heavy atom. The number of halogens is 1. The quantitative estimate of drug-likeness (QED) is 0.236. The number of nitro groups is 1. The van der Waals surface area contributed by atoms with Crippen LogP contribution in [0.25, 0.3) is 0 Å². The van der Waals surface area contributed by atoms with Gasteiger partial charge in [0.2, 0.25) is 5.91 Å². The lowest BCUT2D eigenvalue weighted by atomic mass is 10.3. The number of carbonyl (C=O) groups excluding carboxylic acids is 3. The molecule has 1 atom stereocenters. The van der Waals surface area contributed by atoms with E-state index in [-0.39, 0.29) is 12.2 Å². The zero-order valence-corrected chi connectivity index (χ0v) is 18.2. The molecule has 2 aromatic rings. The van der Waals surface area contributed by atoms with Gasteiger partial charge in [0.05, 0.1) is 17.2 Å². The van der Waals surface area contributed by atoms with Gasteiger partial charge in [-0.1, -0.05) is 12.1 Å². The molecule has 0 aliphatic carbocycles. The van der Waals surface area contributed by atoms with Crippen LogP contribution in [0.3, 0.4) is 0 Å². The van der Waals surface area contributed by atoms with Gasteiger partial charge in [-0.15, -0.1) is 11.8 Å². The Morgan fingerprint density at radius 3 is 2.43 bits per heavy atom. The van der Waals surface area contributed by atoms with E-state index in [1.165, 1.54) is 24.3 Å². The van der Waals surface area contributed by atoms with Crippen molar-refractivity contribution in [2.45, 2.75) is 17.1 Å². The molecule has 2 amide bonds. The molecule has 0 bridgehead atoms. The highest BCUT2D eigenvalue weighted by Crippen LogP contribution is 2.26. The molecule has 0 saturated carbocycles. The minimum Gasteiger partial charge on any atom is -0.455 e. The van der Waals surface area contributed by atoms with E-state index in [1.807, 2.05) is 0 Å². The van der Waals surface area contributed by atoms with Gasteiger partial charge in [0.25, 0.3) is 11.6 Å². The van der Waals surface area contributed by atoms with Crippen molar-refractivity contribution in [3.05, 3.63) is 63.1 Å². The van der Waals surface area contributed by atoms with Crippen LogP contribution in [0.15, 0.2) is 57.9 Å². The van der Waals surface area contributed by atoms with Crippen LogP contribution in [0.1, 0.15) is 6.92 Å². The van der Waals surface area contributed by atoms with Crippen molar-refractivity contribution in [3.8, 4) is 0 Å². The zero-order valence-electron chi connectivity index (χ0n) is 15.8. The lowest BCUT2D eigenvalue weighted by Crippen LogP contribution is -2.36. The Balaban J connectivity index is 1.71. The number of nitrogens with one attached hydrogen (secondary N) is 2. The van der Waals surface area contributed by atoms with E-state index in [2.05, 4.69) is 26.6 Å². The number of hydrogen-bond acceptors (Lipinski definition) is 7. The van der Waals surface area contributed by atoms with Crippen molar-refractivity contribution in [2.24, 2.45) is 0 Å². The lowest BCUT2D eigenvalue weighted by molar-refractivity contribution is -0.384. The number of nitrogens with zero attached hydrogens (tertiary/aromatic N) is 1. The number of hydrogen-bond donors (Lipinski definition) is 2. The minimum atomic E-state index is -0.627. The second-order valence-corrected chi connectivity index (χ2v) is 8.19. The Hall–Kier alpha value is -2.92. The summed E-state index contributed by atoms with van der Waals surface area (Å²) in [4.78, 5) is 46.5. The fraction of sp³-hybridized carbons (Fsp3) is 0.211. The van der Waals surface area contributed by atoms with Gasteiger partial charge in [0, 0.05) is 21.5 Å². The fourth-order valence-electron chi connectivity index (χ4n) is 2.14. The first-order valence-corrected chi connectivity index (χ1v) is 10.3. The highest BCUT2D eigenvalue weighted by molar-refractivity contribution is 9.10. The second kappa shape index (κ2) is 11.3. The van der Waals surface area contributed by atoms with Gasteiger partial charge in [-0.3, -0.25) is 24.5 Å². The standard InChI is InChI=1S/C19H18BrN3O6S/c1-12(30-14-8-6-13(7-9-14)23(27)28)19(26)29-11-18(25)21-10-17(24)22-16-5-3-2-4-15(16)20/h2-9,12H,10-11H2,1H3,(H,21,25)(H,22,24). The number of nitro benzene ring substituents is 1. The molecule has 2 N–H and O–H groups in total. The maximum absolute atomic E-state index is 12.0. The maximum atomic E-state index is 12.0. The molecule has 11 heteroatoms. The first-order chi connectivity index (χ1) is 14.3. The number of anilines is 1. The topological polar surface area (TPSA) is 128 Å². The highest BCUT2D eigenvalue weighted by Gasteiger charge is 2.18. The Labute approximate surface area is 184 Å². The first-order valence-electron chi connectivity index (χ1n) is 8.65. The minimum absolute atomic E-state index is 0.0464. The Bertz CT molecular complexity index is 938. The average Bonchev–Trinajstić information content (AvgIpc) is 2.72. The van der Waals surface area contributed by atoms with Crippen LogP contribution in [0.2, 0.25) is 0 Å². The van der Waals surface area contributed by atoms with Crippen molar-refractivity contribution >= 4 is 56.9 Å². The van der Waals surface area contributed by atoms with Gasteiger partial charge in [-0.25, -0.2) is 0 Å². The summed E-state index contributed by atoms with van der Waals surface area (Å²) in [5.41, 5.74) is 0.523. The molecule has 2 rings (SSSR count). The number of esters is 1. The maximum Gasteiger partial charge on any atom is 0.319 e. The summed E-state index contributed by atoms with van der Waals surface area (Å²) >= 11 is 4.45. The molecule has 0 heterocycles. The molecule has 9 nitrogen and oxygen atoms in total. The van der Waals surface area contributed by atoms with Crippen molar-refractivity contribution < 1.29 is 24.0 Å². The van der Waals surface area contributed by atoms with Crippen molar-refractivity contribution in [1.29, 1.82) is 0 Å². The van der Waals surface area contributed by atoms with Crippen LogP contribution in [-0.4, -0.2) is 41.1 Å². The van der Waals surface area contributed by atoms with Gasteiger partial charge in [-0.05, 0) is 47.1 Å². The third-order valence-electron chi connectivity index (χ3n) is 3.63. The summed E-state index contributed by atoms with van der Waals surface area (Å²) in [6, 6.07) is 12.8. The Morgan fingerprint density at radius 1 is 1.13 bits per heavy atom. The number of ether oxygens (including phenoxy) is 1. The molecule has 0 aliphatic heterocycles. The van der Waals surface area contributed by atoms with Crippen LogP contribution in [0, 0.1) is 10.1 Å². The number of carbonyl (C=O) groups is 3. The number of non-ortho nitro benzene ring substituents is 1. The fourth-order valence-corrected chi connectivity index (χ4v) is 3.39. The molecule has 0 radical (unpaired) electrons. The summed E-state index contributed by atoms with van der Waals surface area (Å²) in [5, 5.41) is 15.0. The third kappa shape index (κ3) is 7.48. The summed E-state index contributed by atoms with van der Waals surface area (Å²) in [7, 11) is 0. The number of benzene rings is 2. The first kappa shape index (κ1) is 23.4. The summed E-state index contributed by atoms with van der Waals surface area (Å²) in [5.74, 6) is -1.66. The second-order valence-electron chi connectivity index (χ2n) is 5.92. The SMILES string of the molecule is CC(Sc1ccc([N+](=O)[O-])cc1)C(=O)OCC(=O)NCC(=O)Nc1ccccc1Br. The summed E-state index contributed by atoms with van der Waals surface area (Å²) < 4.78 is 5.66. The molecule has 0 saturated heterocycles. The van der Waals surface area contributed by atoms with Gasteiger partial charge in [0.1, 0.15) is 5.25 Å². The number of thioether (sulfide) groups is 1. The smallest absolute Gasteiger partial charge is 0.319 e. The largest absolute Gasteiger partial charge is 0.455 e. The third-order valence-corrected chi connectivity index (χ3v) is 5.41. The van der Waals surface area contributed by atoms with E-state index >= 15 is 0 Å². The Kier molecular flexibility index (Phi) is 8.81. The van der Waals surface area contributed by atoms with Gasteiger partial charge >= 0.3 is 5.97 Å². The summed E-state index contributed by atoms with van der Waals surface area (Å²) in [6.07, 6.45) is 0. The van der Waals surface area contributed by atoms with Crippen molar-refractivity contribution in [2.75, 3.05) is 18.5 Å². The van der Waals surface area contributed by atoms with Crippen LogP contribution < -0.4 is 10.6 Å². The van der Waals surface area contributed by atoms with Crippen molar-refractivity contribution in [3.63, 3.8) is 0 Å². The van der Waals surface area contributed by atoms with Gasteiger partial charge in [-0.2, -0.15) is 0 Å². The highest BCUT2D eigenvalue weighted by atomic mass is 79.9. The van der Waals surface area contributed by atoms with E-state index in [1.54, 1.807) is 31.2 Å². The van der Waals surface area contributed by atoms with E-state index in [4.69, 9.17) is 4.74 Å². The van der Waals surface area contributed by atoms with E-state index in [0.29, 0.717) is 15.1 Å². The number of amides is 2. The monoisotopic (exact) mass is 495 g/mol. The normalized spacial score (nSPS) is 11.3. The van der Waals surface area contributed by atoms with E-state index in [9.17, 15) is 24.5 Å². The molecule has 158 valence electrons. The van der Waals surface area contributed by atoms with Crippen LogP contribution in [-0.2, 0) is 19.1 Å². The van der Waals surface area contributed by atoms with Crippen LogP contribution in [0.4, 0.5) is 11.4 Å². The molecule has 1 unspecified atom stereocenters. The zero-order chi connectivity index (χ0) is 22.1. The molecular weight excluding hydrogens is 478 g/mol. The van der Waals surface area contributed by atoms with Crippen molar-refractivity contribution in [1.82, 2.24) is 5.32 Å². The molecule has 30 heavy (non-hydrogen) atoms. The average molecular weight is 496 g/mol. The predicted octanol–water partition coefficient (Wildman–Crippen LogP) is 3.14. The van der Waals surface area contributed by atoms with Crippen LogP contribution in [0.5, 0.6) is 0 Å². The molecule has 0 spiro atoms. The number of rotatable bonds is 9. The molecule has 0 fully saturated rings. The molecule has 0 aliphatic rings. The van der Waals surface area contributed by atoms with E-state index < -0.39 is 34.6 Å². The predicted molar refractivity (Wildman–Crippen MR) is 115 cm³/mol. The van der Waals surface area contributed by atoms with Gasteiger partial charge < -0.3 is 15.4 Å². The molecule has 2 aromatic carbocycles. The van der Waals surface area contributed by atoms with Crippen LogP contribution >= 0.6 is 27.7 Å².